The number of aliphatic hydroxyl groups is 1. The summed E-state index contributed by atoms with van der Waals surface area (Å²) < 4.78 is 5.35. The number of hydrogen-bond donors (Lipinski definition) is 1. The van der Waals surface area contributed by atoms with Crippen molar-refractivity contribution >= 4 is 5.91 Å². The molecule has 1 atom stereocenters. The zero-order valence-electron chi connectivity index (χ0n) is 13.5. The minimum absolute atomic E-state index is 0.118. The number of amides is 1. The Labute approximate surface area is 131 Å². The fourth-order valence-corrected chi connectivity index (χ4v) is 3.71. The van der Waals surface area contributed by atoms with E-state index in [0.29, 0.717) is 25.4 Å². The SMILES string of the molecule is CN(C)CC1(O)CCCN(C(=O)c2onc3c2CCCC3)C1. The van der Waals surface area contributed by atoms with Crippen LogP contribution in [-0.2, 0) is 12.8 Å². The van der Waals surface area contributed by atoms with Crippen molar-refractivity contribution in [1.82, 2.24) is 15.0 Å². The number of carbonyl (C=O) groups is 1. The Kier molecular flexibility index (Phi) is 4.23. The average Bonchev–Trinajstić information content (AvgIpc) is 2.89. The Morgan fingerprint density at radius 3 is 2.91 bits per heavy atom. The molecule has 1 unspecified atom stereocenters. The van der Waals surface area contributed by atoms with E-state index in [-0.39, 0.29) is 5.91 Å². The zero-order valence-corrected chi connectivity index (χ0v) is 13.5. The van der Waals surface area contributed by atoms with E-state index in [0.717, 1.165) is 49.8 Å². The lowest BCUT2D eigenvalue weighted by Gasteiger charge is -2.40. The van der Waals surface area contributed by atoms with Gasteiger partial charge in [0.25, 0.3) is 5.91 Å². The highest BCUT2D eigenvalue weighted by molar-refractivity contribution is 5.93. The van der Waals surface area contributed by atoms with Crippen LogP contribution in [-0.4, -0.2) is 65.3 Å². The van der Waals surface area contributed by atoms with Gasteiger partial charge in [0.1, 0.15) is 0 Å². The van der Waals surface area contributed by atoms with Gasteiger partial charge in [0.05, 0.1) is 17.8 Å². The first-order chi connectivity index (χ1) is 10.5. The van der Waals surface area contributed by atoms with Crippen molar-refractivity contribution in [2.24, 2.45) is 0 Å². The summed E-state index contributed by atoms with van der Waals surface area (Å²) in [7, 11) is 3.87. The lowest BCUT2D eigenvalue weighted by atomic mass is 9.91. The Morgan fingerprint density at radius 1 is 1.36 bits per heavy atom. The maximum Gasteiger partial charge on any atom is 0.292 e. The summed E-state index contributed by atoms with van der Waals surface area (Å²) in [5, 5.41) is 14.8. The van der Waals surface area contributed by atoms with Gasteiger partial charge in [-0.1, -0.05) is 5.16 Å². The molecule has 0 saturated carbocycles. The first-order valence-corrected chi connectivity index (χ1v) is 8.12. The van der Waals surface area contributed by atoms with E-state index in [1.165, 1.54) is 0 Å². The number of nitrogens with zero attached hydrogens (tertiary/aromatic N) is 3. The van der Waals surface area contributed by atoms with E-state index in [4.69, 9.17) is 4.52 Å². The highest BCUT2D eigenvalue weighted by atomic mass is 16.5. The van der Waals surface area contributed by atoms with E-state index in [1.807, 2.05) is 19.0 Å². The van der Waals surface area contributed by atoms with Crippen LogP contribution in [0.25, 0.3) is 0 Å². The molecule has 1 amide bonds. The molecule has 0 spiro atoms. The molecule has 122 valence electrons. The van der Waals surface area contributed by atoms with Crippen LogP contribution in [0.15, 0.2) is 4.52 Å². The van der Waals surface area contributed by atoms with Crippen molar-refractivity contribution in [2.45, 2.75) is 44.1 Å². The Morgan fingerprint density at radius 2 is 2.14 bits per heavy atom. The predicted octanol–water partition coefficient (Wildman–Crippen LogP) is 1.08. The molecular weight excluding hydrogens is 282 g/mol. The number of piperidine rings is 1. The maximum absolute atomic E-state index is 12.8. The Hall–Kier alpha value is -1.40. The molecule has 6 heteroatoms. The van der Waals surface area contributed by atoms with Crippen molar-refractivity contribution in [3.05, 3.63) is 17.0 Å². The lowest BCUT2D eigenvalue weighted by molar-refractivity contribution is -0.0399. The minimum atomic E-state index is -0.836. The Bertz CT molecular complexity index is 555. The van der Waals surface area contributed by atoms with E-state index in [9.17, 15) is 9.90 Å². The van der Waals surface area contributed by atoms with Gasteiger partial charge in [0, 0.05) is 18.7 Å². The summed E-state index contributed by atoms with van der Waals surface area (Å²) in [6.45, 7) is 1.59. The smallest absolute Gasteiger partial charge is 0.292 e. The molecule has 1 N–H and O–H groups in total. The molecule has 1 aliphatic carbocycles. The highest BCUT2D eigenvalue weighted by Crippen LogP contribution is 2.28. The van der Waals surface area contributed by atoms with Crippen LogP contribution in [0.3, 0.4) is 0 Å². The molecular formula is C16H25N3O3. The van der Waals surface area contributed by atoms with Crippen LogP contribution in [0.5, 0.6) is 0 Å². The van der Waals surface area contributed by atoms with Gasteiger partial charge in [-0.3, -0.25) is 4.79 Å². The zero-order chi connectivity index (χ0) is 15.7. The first-order valence-electron chi connectivity index (χ1n) is 8.12. The molecule has 1 fully saturated rings. The molecule has 0 aromatic carbocycles. The van der Waals surface area contributed by atoms with Gasteiger partial charge in [-0.2, -0.15) is 0 Å². The Balaban J connectivity index is 1.76. The third kappa shape index (κ3) is 3.03. The topological polar surface area (TPSA) is 69.8 Å². The summed E-state index contributed by atoms with van der Waals surface area (Å²) in [5.74, 6) is 0.274. The van der Waals surface area contributed by atoms with E-state index >= 15 is 0 Å². The fourth-order valence-electron chi connectivity index (χ4n) is 3.71. The average molecular weight is 307 g/mol. The number of carbonyl (C=O) groups excluding carboxylic acids is 1. The standard InChI is InChI=1S/C16H25N3O3/c1-18(2)10-16(21)8-5-9-19(11-16)15(20)14-12-6-3-4-7-13(12)17-22-14/h21H,3-11H2,1-2H3. The number of β-amino-alcohol motifs (C(OH)–C–C–N with tert-alkyl or cyclic N) is 1. The number of likely N-dealkylation sites (N-methyl/N-ethyl adjacent to an activating group) is 1. The van der Waals surface area contributed by atoms with Crippen LogP contribution < -0.4 is 0 Å². The lowest BCUT2D eigenvalue weighted by Crippen LogP contribution is -2.54. The summed E-state index contributed by atoms with van der Waals surface area (Å²) in [4.78, 5) is 16.5. The van der Waals surface area contributed by atoms with Crippen molar-refractivity contribution in [3.8, 4) is 0 Å². The number of rotatable bonds is 3. The van der Waals surface area contributed by atoms with E-state index < -0.39 is 5.60 Å². The molecule has 1 aromatic heterocycles. The van der Waals surface area contributed by atoms with Crippen molar-refractivity contribution in [3.63, 3.8) is 0 Å². The van der Waals surface area contributed by atoms with Gasteiger partial charge < -0.3 is 19.4 Å². The summed E-state index contributed by atoms with van der Waals surface area (Å²) in [6.07, 6.45) is 5.50. The second-order valence-electron chi connectivity index (χ2n) is 6.94. The van der Waals surface area contributed by atoms with Crippen LogP contribution in [0, 0.1) is 0 Å². The third-order valence-corrected chi connectivity index (χ3v) is 4.61. The largest absolute Gasteiger partial charge is 0.387 e. The van der Waals surface area contributed by atoms with Gasteiger partial charge in [-0.15, -0.1) is 0 Å². The number of aromatic nitrogens is 1. The first kappa shape index (κ1) is 15.5. The molecule has 0 radical (unpaired) electrons. The molecule has 1 aliphatic heterocycles. The maximum atomic E-state index is 12.8. The van der Waals surface area contributed by atoms with Gasteiger partial charge in [-0.05, 0) is 52.6 Å². The minimum Gasteiger partial charge on any atom is -0.387 e. The van der Waals surface area contributed by atoms with Gasteiger partial charge in [0.2, 0.25) is 5.76 Å². The van der Waals surface area contributed by atoms with Crippen molar-refractivity contribution in [2.75, 3.05) is 33.7 Å². The quantitative estimate of drug-likeness (QED) is 0.905. The van der Waals surface area contributed by atoms with Crippen molar-refractivity contribution < 1.29 is 14.4 Å². The van der Waals surface area contributed by atoms with Crippen LogP contribution in [0.2, 0.25) is 0 Å². The summed E-state index contributed by atoms with van der Waals surface area (Å²) >= 11 is 0. The molecule has 1 aromatic rings. The third-order valence-electron chi connectivity index (χ3n) is 4.61. The van der Waals surface area contributed by atoms with Gasteiger partial charge in [0.15, 0.2) is 0 Å². The van der Waals surface area contributed by atoms with Crippen LogP contribution in [0.1, 0.15) is 47.5 Å². The molecule has 22 heavy (non-hydrogen) atoms. The number of likely N-dealkylation sites (tertiary alicyclic amines) is 1. The number of hydrogen-bond acceptors (Lipinski definition) is 5. The van der Waals surface area contributed by atoms with Crippen LogP contribution in [0.4, 0.5) is 0 Å². The summed E-state index contributed by atoms with van der Waals surface area (Å²) in [6, 6.07) is 0. The molecule has 3 rings (SSSR count). The normalized spacial score (nSPS) is 25.4. The van der Waals surface area contributed by atoms with Gasteiger partial charge >= 0.3 is 0 Å². The summed E-state index contributed by atoms with van der Waals surface area (Å²) in [5.41, 5.74) is 1.09. The molecule has 2 heterocycles. The van der Waals surface area contributed by atoms with E-state index in [1.54, 1.807) is 4.90 Å². The highest BCUT2D eigenvalue weighted by Gasteiger charge is 2.38. The van der Waals surface area contributed by atoms with Crippen LogP contribution >= 0.6 is 0 Å². The fraction of sp³-hybridized carbons (Fsp3) is 0.750. The second-order valence-corrected chi connectivity index (χ2v) is 6.94. The van der Waals surface area contributed by atoms with E-state index in [2.05, 4.69) is 5.16 Å². The number of aryl methyl sites for hydroxylation is 1. The molecule has 6 nitrogen and oxygen atoms in total. The second kappa shape index (κ2) is 6.01. The molecule has 1 saturated heterocycles. The van der Waals surface area contributed by atoms with Gasteiger partial charge in [-0.25, -0.2) is 0 Å². The monoisotopic (exact) mass is 307 g/mol. The molecule has 0 bridgehead atoms. The van der Waals surface area contributed by atoms with Crippen molar-refractivity contribution in [1.29, 1.82) is 0 Å². The predicted molar refractivity (Wildman–Crippen MR) is 81.8 cm³/mol. The number of fused-ring (bicyclic) bond motifs is 1. The molecule has 2 aliphatic rings.